The molecule has 0 unspecified atom stereocenters. The Balaban J connectivity index is 1.59. The first kappa shape index (κ1) is 21.4. The molecule has 0 spiro atoms. The first-order valence-corrected chi connectivity index (χ1v) is 11.6. The minimum Gasteiger partial charge on any atom is -0.508 e. The average Bonchev–Trinajstić information content (AvgIpc) is 3.20. The molecule has 0 amide bonds. The van der Waals surface area contributed by atoms with Gasteiger partial charge in [0.05, 0.1) is 29.1 Å². The van der Waals surface area contributed by atoms with Crippen LogP contribution in [0, 0.1) is 6.92 Å². The zero-order valence-corrected chi connectivity index (χ0v) is 19.7. The fourth-order valence-electron chi connectivity index (χ4n) is 4.50. The van der Waals surface area contributed by atoms with Crippen molar-refractivity contribution in [3.05, 3.63) is 60.0 Å². The molecule has 0 saturated heterocycles. The second kappa shape index (κ2) is 8.48. The Kier molecular flexibility index (Phi) is 5.50. The van der Waals surface area contributed by atoms with E-state index in [0.717, 1.165) is 71.0 Å². The van der Waals surface area contributed by atoms with E-state index in [2.05, 4.69) is 58.9 Å². The van der Waals surface area contributed by atoms with Crippen molar-refractivity contribution in [2.75, 3.05) is 18.0 Å². The molecule has 0 atom stereocenters. The van der Waals surface area contributed by atoms with Crippen LogP contribution in [0.3, 0.4) is 0 Å². The van der Waals surface area contributed by atoms with E-state index in [-0.39, 0.29) is 0 Å². The third-order valence-electron chi connectivity index (χ3n) is 6.43. The number of rotatable bonds is 4. The maximum atomic E-state index is 10.8. The summed E-state index contributed by atoms with van der Waals surface area (Å²) in [6.45, 7) is 11.8. The third kappa shape index (κ3) is 4.04. The fourth-order valence-corrected chi connectivity index (χ4v) is 4.50. The van der Waals surface area contributed by atoms with Crippen LogP contribution >= 0.6 is 0 Å². The monoisotopic (exact) mass is 442 g/mol. The molecule has 7 nitrogen and oxygen atoms in total. The van der Waals surface area contributed by atoms with Crippen molar-refractivity contribution in [2.45, 2.75) is 46.8 Å². The number of fused-ring (bicyclic) bond motifs is 2. The SMILES string of the molecule is CCn1cc(-c2cnc3ccc(N4CCN(C(C)C)Cc5c(O)cc(C)cc54)cc3n2)cn1. The summed E-state index contributed by atoms with van der Waals surface area (Å²) in [4.78, 5) is 14.2. The molecular formula is C26H30N6O. The Hall–Kier alpha value is -3.45. The molecule has 1 N–H and O–H groups in total. The van der Waals surface area contributed by atoms with Crippen LogP contribution in [0.1, 0.15) is 31.9 Å². The molecule has 0 saturated carbocycles. The summed E-state index contributed by atoms with van der Waals surface area (Å²) in [5.41, 5.74) is 7.61. The molecule has 3 heterocycles. The molecule has 1 aliphatic heterocycles. The Labute approximate surface area is 194 Å². The lowest BCUT2D eigenvalue weighted by molar-refractivity contribution is 0.221. The summed E-state index contributed by atoms with van der Waals surface area (Å²) in [7, 11) is 0. The largest absolute Gasteiger partial charge is 0.508 e. The number of anilines is 2. The topological polar surface area (TPSA) is 70.3 Å². The van der Waals surface area contributed by atoms with Crippen LogP contribution in [-0.2, 0) is 13.1 Å². The summed E-state index contributed by atoms with van der Waals surface area (Å²) in [6.07, 6.45) is 5.64. The van der Waals surface area contributed by atoms with Gasteiger partial charge in [0.15, 0.2) is 0 Å². The van der Waals surface area contributed by atoms with Crippen LogP contribution in [-0.4, -0.2) is 48.9 Å². The molecule has 0 fully saturated rings. The van der Waals surface area contributed by atoms with Crippen LogP contribution in [0.4, 0.5) is 11.4 Å². The van der Waals surface area contributed by atoms with E-state index in [4.69, 9.17) is 4.98 Å². The van der Waals surface area contributed by atoms with Gasteiger partial charge in [0, 0.05) is 60.9 Å². The Bertz CT molecular complexity index is 1310. The van der Waals surface area contributed by atoms with Crippen molar-refractivity contribution in [3.8, 4) is 17.0 Å². The van der Waals surface area contributed by atoms with E-state index < -0.39 is 0 Å². The fraction of sp³-hybridized carbons (Fsp3) is 0.346. The lowest BCUT2D eigenvalue weighted by Crippen LogP contribution is -2.34. The summed E-state index contributed by atoms with van der Waals surface area (Å²) < 4.78 is 1.89. The lowest BCUT2D eigenvalue weighted by atomic mass is 10.1. The lowest BCUT2D eigenvalue weighted by Gasteiger charge is -2.26. The van der Waals surface area contributed by atoms with Crippen molar-refractivity contribution < 1.29 is 5.11 Å². The highest BCUT2D eigenvalue weighted by molar-refractivity contribution is 5.83. The molecule has 2 aromatic carbocycles. The van der Waals surface area contributed by atoms with Crippen molar-refractivity contribution in [2.24, 2.45) is 0 Å². The van der Waals surface area contributed by atoms with Crippen molar-refractivity contribution >= 4 is 22.4 Å². The first-order chi connectivity index (χ1) is 15.9. The molecule has 170 valence electrons. The number of nitrogens with zero attached hydrogens (tertiary/aromatic N) is 6. The maximum Gasteiger partial charge on any atom is 0.122 e. The van der Waals surface area contributed by atoms with Gasteiger partial charge in [-0.2, -0.15) is 5.10 Å². The van der Waals surface area contributed by atoms with E-state index >= 15 is 0 Å². The molecular weight excluding hydrogens is 412 g/mol. The molecule has 5 rings (SSSR count). The van der Waals surface area contributed by atoms with Gasteiger partial charge in [0.25, 0.3) is 0 Å². The number of hydrogen-bond donors (Lipinski definition) is 1. The number of hydrogen-bond acceptors (Lipinski definition) is 6. The zero-order chi connectivity index (χ0) is 23.1. The highest BCUT2D eigenvalue weighted by atomic mass is 16.3. The van der Waals surface area contributed by atoms with Crippen molar-refractivity contribution in [3.63, 3.8) is 0 Å². The first-order valence-electron chi connectivity index (χ1n) is 11.6. The quantitative estimate of drug-likeness (QED) is 0.485. The maximum absolute atomic E-state index is 10.8. The van der Waals surface area contributed by atoms with E-state index in [1.165, 1.54) is 0 Å². The number of aryl methyl sites for hydroxylation is 2. The highest BCUT2D eigenvalue weighted by Gasteiger charge is 2.25. The molecule has 0 radical (unpaired) electrons. The van der Waals surface area contributed by atoms with Crippen LogP contribution < -0.4 is 4.90 Å². The second-order valence-electron chi connectivity index (χ2n) is 9.01. The second-order valence-corrected chi connectivity index (χ2v) is 9.01. The molecule has 0 bridgehead atoms. The van der Waals surface area contributed by atoms with Gasteiger partial charge in [-0.1, -0.05) is 0 Å². The molecule has 0 aliphatic carbocycles. The van der Waals surface area contributed by atoms with Gasteiger partial charge in [-0.15, -0.1) is 0 Å². The number of aromatic nitrogens is 4. The molecule has 2 aromatic heterocycles. The van der Waals surface area contributed by atoms with Crippen LogP contribution in [0.2, 0.25) is 0 Å². The van der Waals surface area contributed by atoms with Crippen LogP contribution in [0.15, 0.2) is 48.9 Å². The Morgan fingerprint density at radius 1 is 1.06 bits per heavy atom. The predicted octanol–water partition coefficient (Wildman–Crippen LogP) is 4.89. The van der Waals surface area contributed by atoms with Crippen molar-refractivity contribution in [1.29, 1.82) is 0 Å². The predicted molar refractivity (Wildman–Crippen MR) is 132 cm³/mol. The van der Waals surface area contributed by atoms with Crippen LogP contribution in [0.5, 0.6) is 5.75 Å². The summed E-state index contributed by atoms with van der Waals surface area (Å²) in [5, 5.41) is 15.2. The third-order valence-corrected chi connectivity index (χ3v) is 6.43. The molecule has 7 heteroatoms. The minimum absolute atomic E-state index is 0.360. The summed E-state index contributed by atoms with van der Waals surface area (Å²) in [6, 6.07) is 10.6. The number of phenolic OH excluding ortho intramolecular Hbond substituents is 1. The zero-order valence-electron chi connectivity index (χ0n) is 19.7. The summed E-state index contributed by atoms with van der Waals surface area (Å²) >= 11 is 0. The highest BCUT2D eigenvalue weighted by Crippen LogP contribution is 2.38. The Morgan fingerprint density at radius 3 is 2.67 bits per heavy atom. The van der Waals surface area contributed by atoms with Gasteiger partial charge in [-0.05, 0) is 63.6 Å². The van der Waals surface area contributed by atoms with Crippen LogP contribution in [0.25, 0.3) is 22.3 Å². The van der Waals surface area contributed by atoms with E-state index in [1.807, 2.05) is 42.3 Å². The normalized spacial score (nSPS) is 14.6. The van der Waals surface area contributed by atoms with Gasteiger partial charge in [0.1, 0.15) is 5.75 Å². The van der Waals surface area contributed by atoms with Gasteiger partial charge < -0.3 is 10.0 Å². The van der Waals surface area contributed by atoms with Crippen molar-refractivity contribution in [1.82, 2.24) is 24.6 Å². The standard InChI is InChI=1S/C26H30N6O/c1-5-31-15-19(13-28-31)24-14-27-22-7-6-20(12-23(22)29-24)32-9-8-30(17(2)3)16-21-25(32)10-18(4)11-26(21)33/h6-7,10-15,17,33H,5,8-9,16H2,1-4H3. The number of aromatic hydroxyl groups is 1. The van der Waals surface area contributed by atoms with E-state index in [1.54, 1.807) is 0 Å². The van der Waals surface area contributed by atoms with Gasteiger partial charge in [-0.25, -0.2) is 4.98 Å². The minimum atomic E-state index is 0.360. The smallest absolute Gasteiger partial charge is 0.122 e. The number of phenols is 1. The molecule has 1 aliphatic rings. The van der Waals surface area contributed by atoms with E-state index in [0.29, 0.717) is 11.8 Å². The van der Waals surface area contributed by atoms with Gasteiger partial charge in [-0.3, -0.25) is 14.6 Å². The average molecular weight is 443 g/mol. The van der Waals surface area contributed by atoms with Gasteiger partial charge in [0.2, 0.25) is 0 Å². The molecule has 4 aromatic rings. The van der Waals surface area contributed by atoms with Gasteiger partial charge >= 0.3 is 0 Å². The number of benzene rings is 2. The molecule has 33 heavy (non-hydrogen) atoms. The van der Waals surface area contributed by atoms with E-state index in [9.17, 15) is 5.11 Å². The summed E-state index contributed by atoms with van der Waals surface area (Å²) in [5.74, 6) is 0.360. The Morgan fingerprint density at radius 2 is 1.91 bits per heavy atom.